The van der Waals surface area contributed by atoms with Gasteiger partial charge in [-0.3, -0.25) is 0 Å². The monoisotopic (exact) mass is 327 g/mol. The van der Waals surface area contributed by atoms with Gasteiger partial charge < -0.3 is 9.64 Å². The molecular weight excluding hydrogens is 306 g/mol. The molecule has 1 aliphatic carbocycles. The normalized spacial score (nSPS) is 15.4. The van der Waals surface area contributed by atoms with Gasteiger partial charge >= 0.3 is 0 Å². The van der Waals surface area contributed by atoms with Crippen molar-refractivity contribution in [3.8, 4) is 5.88 Å². The first-order chi connectivity index (χ1) is 9.20. The minimum absolute atomic E-state index is 0.141. The fourth-order valence-corrected chi connectivity index (χ4v) is 2.40. The van der Waals surface area contributed by atoms with Gasteiger partial charge in [0.1, 0.15) is 0 Å². The maximum absolute atomic E-state index is 5.65. The summed E-state index contributed by atoms with van der Waals surface area (Å²) in [5, 5.41) is 1.01. The first-order valence-electron chi connectivity index (χ1n) is 7.03. The SMILES string of the molecule is CC(C)Oc1ccnc(N(CCCBr)C2CCC2)n1. The Kier molecular flexibility index (Phi) is 5.43. The summed E-state index contributed by atoms with van der Waals surface area (Å²) in [6.07, 6.45) is 6.86. The van der Waals surface area contributed by atoms with Crippen molar-refractivity contribution < 1.29 is 4.74 Å². The largest absolute Gasteiger partial charge is 0.475 e. The summed E-state index contributed by atoms with van der Waals surface area (Å²) in [4.78, 5) is 11.3. The van der Waals surface area contributed by atoms with Crippen LogP contribution in [0, 0.1) is 0 Å². The Labute approximate surface area is 123 Å². The molecule has 1 saturated carbocycles. The molecule has 1 aromatic heterocycles. The molecule has 1 heterocycles. The Bertz CT molecular complexity index is 396. The van der Waals surface area contributed by atoms with Crippen molar-refractivity contribution in [1.82, 2.24) is 9.97 Å². The second kappa shape index (κ2) is 7.08. The van der Waals surface area contributed by atoms with E-state index < -0.39 is 0 Å². The highest BCUT2D eigenvalue weighted by atomic mass is 79.9. The summed E-state index contributed by atoms with van der Waals surface area (Å²) in [5.74, 6) is 1.48. The molecule has 0 saturated heterocycles. The molecule has 0 amide bonds. The number of ether oxygens (including phenoxy) is 1. The van der Waals surface area contributed by atoms with Gasteiger partial charge in [-0.2, -0.15) is 4.98 Å². The van der Waals surface area contributed by atoms with Crippen LogP contribution in [0.15, 0.2) is 12.3 Å². The van der Waals surface area contributed by atoms with E-state index in [0.29, 0.717) is 11.9 Å². The van der Waals surface area contributed by atoms with Crippen molar-refractivity contribution in [2.75, 3.05) is 16.8 Å². The van der Waals surface area contributed by atoms with E-state index in [1.165, 1.54) is 19.3 Å². The highest BCUT2D eigenvalue weighted by molar-refractivity contribution is 9.09. The van der Waals surface area contributed by atoms with E-state index >= 15 is 0 Å². The highest BCUT2D eigenvalue weighted by Gasteiger charge is 2.26. The van der Waals surface area contributed by atoms with Gasteiger partial charge in [0.15, 0.2) is 0 Å². The molecule has 0 bridgehead atoms. The van der Waals surface area contributed by atoms with Crippen LogP contribution < -0.4 is 9.64 Å². The zero-order chi connectivity index (χ0) is 13.7. The van der Waals surface area contributed by atoms with Crippen LogP contribution in [0.2, 0.25) is 0 Å². The van der Waals surface area contributed by atoms with Gasteiger partial charge in [0, 0.05) is 30.2 Å². The van der Waals surface area contributed by atoms with E-state index in [0.717, 1.165) is 24.2 Å². The van der Waals surface area contributed by atoms with Crippen LogP contribution >= 0.6 is 15.9 Å². The molecule has 1 fully saturated rings. The second-order valence-corrected chi connectivity index (χ2v) is 5.98. The van der Waals surface area contributed by atoms with Crippen LogP contribution in [-0.2, 0) is 0 Å². The van der Waals surface area contributed by atoms with Crippen molar-refractivity contribution in [3.63, 3.8) is 0 Å². The van der Waals surface area contributed by atoms with Crippen LogP contribution in [-0.4, -0.2) is 34.0 Å². The van der Waals surface area contributed by atoms with Crippen LogP contribution in [0.4, 0.5) is 5.95 Å². The number of nitrogens with zero attached hydrogens (tertiary/aromatic N) is 3. The Morgan fingerprint density at radius 2 is 2.26 bits per heavy atom. The van der Waals surface area contributed by atoms with E-state index in [1.807, 2.05) is 19.9 Å². The molecule has 1 aliphatic rings. The molecule has 0 aliphatic heterocycles. The maximum atomic E-state index is 5.65. The first kappa shape index (κ1) is 14.6. The molecule has 0 radical (unpaired) electrons. The van der Waals surface area contributed by atoms with Crippen LogP contribution in [0.25, 0.3) is 0 Å². The third kappa shape index (κ3) is 4.06. The van der Waals surface area contributed by atoms with Gasteiger partial charge in [-0.05, 0) is 39.5 Å². The van der Waals surface area contributed by atoms with E-state index in [1.54, 1.807) is 6.20 Å². The molecule has 5 heteroatoms. The topological polar surface area (TPSA) is 38.2 Å². The van der Waals surface area contributed by atoms with Crippen molar-refractivity contribution in [2.45, 2.75) is 51.7 Å². The molecule has 2 rings (SSSR count). The molecule has 0 spiro atoms. The molecule has 0 N–H and O–H groups in total. The zero-order valence-electron chi connectivity index (χ0n) is 11.7. The van der Waals surface area contributed by atoms with E-state index in [4.69, 9.17) is 4.74 Å². The van der Waals surface area contributed by atoms with E-state index in [-0.39, 0.29) is 6.10 Å². The number of rotatable bonds is 7. The molecule has 4 nitrogen and oxygen atoms in total. The van der Waals surface area contributed by atoms with E-state index in [9.17, 15) is 0 Å². The lowest BCUT2D eigenvalue weighted by molar-refractivity contribution is 0.232. The maximum Gasteiger partial charge on any atom is 0.228 e. The Morgan fingerprint density at radius 3 is 2.84 bits per heavy atom. The summed E-state index contributed by atoms with van der Waals surface area (Å²) in [6, 6.07) is 2.43. The number of halogens is 1. The van der Waals surface area contributed by atoms with Crippen molar-refractivity contribution in [3.05, 3.63) is 12.3 Å². The van der Waals surface area contributed by atoms with Gasteiger partial charge in [0.25, 0.3) is 0 Å². The lowest BCUT2D eigenvalue weighted by atomic mass is 9.91. The number of alkyl halides is 1. The Hall–Kier alpha value is -0.840. The minimum atomic E-state index is 0.141. The lowest BCUT2D eigenvalue weighted by Gasteiger charge is -2.37. The highest BCUT2D eigenvalue weighted by Crippen LogP contribution is 2.28. The van der Waals surface area contributed by atoms with E-state index in [2.05, 4.69) is 30.8 Å². The summed E-state index contributed by atoms with van der Waals surface area (Å²) < 4.78 is 5.65. The quantitative estimate of drug-likeness (QED) is 0.719. The number of hydrogen-bond donors (Lipinski definition) is 0. The minimum Gasteiger partial charge on any atom is -0.475 e. The molecule has 0 atom stereocenters. The molecule has 0 aromatic carbocycles. The predicted molar refractivity (Wildman–Crippen MR) is 81.2 cm³/mol. The molecular formula is C14H22BrN3O. The Morgan fingerprint density at radius 1 is 1.47 bits per heavy atom. The number of aromatic nitrogens is 2. The van der Waals surface area contributed by atoms with Crippen LogP contribution in [0.1, 0.15) is 39.5 Å². The van der Waals surface area contributed by atoms with Crippen LogP contribution in [0.5, 0.6) is 5.88 Å². The standard InChI is InChI=1S/C14H22BrN3O/c1-11(2)19-13-7-9-16-14(17-13)18(10-4-8-15)12-5-3-6-12/h7,9,11-12H,3-6,8,10H2,1-2H3. The van der Waals surface area contributed by atoms with Crippen molar-refractivity contribution in [2.24, 2.45) is 0 Å². The molecule has 19 heavy (non-hydrogen) atoms. The van der Waals surface area contributed by atoms with Gasteiger partial charge in [-0.15, -0.1) is 0 Å². The van der Waals surface area contributed by atoms with Crippen molar-refractivity contribution in [1.29, 1.82) is 0 Å². The smallest absolute Gasteiger partial charge is 0.228 e. The fourth-order valence-electron chi connectivity index (χ4n) is 2.15. The third-order valence-electron chi connectivity index (χ3n) is 3.28. The zero-order valence-corrected chi connectivity index (χ0v) is 13.3. The average molecular weight is 328 g/mol. The average Bonchev–Trinajstić information content (AvgIpc) is 2.31. The van der Waals surface area contributed by atoms with Gasteiger partial charge in [-0.1, -0.05) is 15.9 Å². The number of hydrogen-bond acceptors (Lipinski definition) is 4. The molecule has 1 aromatic rings. The second-order valence-electron chi connectivity index (χ2n) is 5.18. The van der Waals surface area contributed by atoms with Gasteiger partial charge in [0.2, 0.25) is 11.8 Å². The predicted octanol–water partition coefficient (Wildman–Crippen LogP) is 3.41. The lowest BCUT2D eigenvalue weighted by Crippen LogP contribution is -2.42. The summed E-state index contributed by atoms with van der Waals surface area (Å²) >= 11 is 3.49. The summed E-state index contributed by atoms with van der Waals surface area (Å²) in [7, 11) is 0. The fraction of sp³-hybridized carbons (Fsp3) is 0.714. The first-order valence-corrected chi connectivity index (χ1v) is 8.15. The summed E-state index contributed by atoms with van der Waals surface area (Å²) in [5.41, 5.74) is 0. The summed E-state index contributed by atoms with van der Waals surface area (Å²) in [6.45, 7) is 5.02. The third-order valence-corrected chi connectivity index (χ3v) is 3.84. The molecule has 0 unspecified atom stereocenters. The molecule has 106 valence electrons. The van der Waals surface area contributed by atoms with Crippen molar-refractivity contribution >= 4 is 21.9 Å². The Balaban J connectivity index is 2.10. The van der Waals surface area contributed by atoms with Crippen LogP contribution in [0.3, 0.4) is 0 Å². The van der Waals surface area contributed by atoms with Gasteiger partial charge in [0.05, 0.1) is 6.10 Å². The van der Waals surface area contributed by atoms with Gasteiger partial charge in [-0.25, -0.2) is 4.98 Å². The number of anilines is 1.